The minimum absolute atomic E-state index is 0.317. The first-order chi connectivity index (χ1) is 8.66. The maximum atomic E-state index is 4.05. The van der Waals surface area contributed by atoms with E-state index in [4.69, 9.17) is 0 Å². The van der Waals surface area contributed by atoms with E-state index < -0.39 is 0 Å². The monoisotopic (exact) mass is 260 g/mol. The lowest BCUT2D eigenvalue weighted by molar-refractivity contribution is 0.655. The van der Waals surface area contributed by atoms with Crippen molar-refractivity contribution in [3.63, 3.8) is 0 Å². The summed E-state index contributed by atoms with van der Waals surface area (Å²) in [5.74, 6) is 0.988. The van der Waals surface area contributed by atoms with Gasteiger partial charge in [-0.25, -0.2) is 4.68 Å². The van der Waals surface area contributed by atoms with Crippen LogP contribution in [0.15, 0.2) is 23.6 Å². The lowest BCUT2D eigenvalue weighted by atomic mass is 9.95. The number of aryl methyl sites for hydroxylation is 1. The van der Waals surface area contributed by atoms with Crippen molar-refractivity contribution in [1.29, 1.82) is 0 Å². The van der Waals surface area contributed by atoms with Crippen LogP contribution in [0.2, 0.25) is 0 Å². The lowest BCUT2D eigenvalue weighted by Gasteiger charge is -2.27. The molecule has 3 rings (SSSR count). The molecule has 0 bridgehead atoms. The van der Waals surface area contributed by atoms with Crippen molar-refractivity contribution in [1.82, 2.24) is 14.9 Å². The predicted octanol–water partition coefficient (Wildman–Crippen LogP) is 2.59. The number of nitrogens with zero attached hydrogens (tertiary/aromatic N) is 3. The van der Waals surface area contributed by atoms with Gasteiger partial charge in [-0.2, -0.15) is 0 Å². The quantitative estimate of drug-likeness (QED) is 0.856. The lowest BCUT2D eigenvalue weighted by Crippen LogP contribution is -2.27. The number of hydrogen-bond donors (Lipinski definition) is 1. The second-order valence-corrected chi connectivity index (χ2v) is 5.69. The summed E-state index contributed by atoms with van der Waals surface area (Å²) in [5, 5.41) is 8.91. The molecule has 1 N–H and O–H groups in total. The molecular weight excluding hydrogens is 244 g/mol. The summed E-state index contributed by atoms with van der Waals surface area (Å²) in [6, 6.07) is 4.74. The molecule has 1 aromatic carbocycles. The summed E-state index contributed by atoms with van der Waals surface area (Å²) in [6.45, 7) is 6.55. The fourth-order valence-corrected chi connectivity index (χ4v) is 3.20. The third-order valence-electron chi connectivity index (χ3n) is 3.67. The van der Waals surface area contributed by atoms with E-state index in [1.807, 2.05) is 4.68 Å². The van der Waals surface area contributed by atoms with Crippen LogP contribution in [0.25, 0.3) is 0 Å². The van der Waals surface area contributed by atoms with Gasteiger partial charge in [0.25, 0.3) is 0 Å². The number of thioether (sulfide) groups is 1. The molecule has 2 aromatic rings. The molecule has 1 unspecified atom stereocenters. The van der Waals surface area contributed by atoms with Gasteiger partial charge in [0.15, 0.2) is 0 Å². The molecule has 1 atom stereocenters. The molecule has 0 fully saturated rings. The van der Waals surface area contributed by atoms with E-state index in [2.05, 4.69) is 48.5 Å². The molecule has 1 aliphatic rings. The van der Waals surface area contributed by atoms with Crippen molar-refractivity contribution in [2.75, 3.05) is 11.2 Å². The number of rotatable bonds is 1. The highest BCUT2D eigenvalue weighted by atomic mass is 32.2. The number of hydrogen-bond acceptors (Lipinski definition) is 4. The van der Waals surface area contributed by atoms with Crippen LogP contribution in [0.4, 0.5) is 0 Å². The number of benzene rings is 1. The van der Waals surface area contributed by atoms with Crippen LogP contribution in [-0.2, 0) is 0 Å². The predicted molar refractivity (Wildman–Crippen MR) is 73.5 cm³/mol. The Hall–Kier alpha value is -1.49. The summed E-state index contributed by atoms with van der Waals surface area (Å²) in [5.41, 5.74) is 8.93. The van der Waals surface area contributed by atoms with E-state index in [1.54, 1.807) is 18.1 Å². The fraction of sp³-hybridized carbons (Fsp3) is 0.385. The maximum Gasteiger partial charge on any atom is 0.209 e. The Labute approximate surface area is 111 Å². The summed E-state index contributed by atoms with van der Waals surface area (Å²) in [4.78, 5) is 0. The number of nitrogens with one attached hydrogen (secondary N) is 1. The molecule has 0 saturated heterocycles. The number of fused-ring (bicyclic) bond motifs is 1. The summed E-state index contributed by atoms with van der Waals surface area (Å²) < 4.78 is 1.91. The van der Waals surface area contributed by atoms with E-state index in [-0.39, 0.29) is 0 Å². The van der Waals surface area contributed by atoms with E-state index in [9.17, 15) is 0 Å². The molecule has 1 aliphatic heterocycles. The molecule has 2 heterocycles. The van der Waals surface area contributed by atoms with Crippen LogP contribution in [0.1, 0.15) is 28.3 Å². The summed E-state index contributed by atoms with van der Waals surface area (Å²) in [6.07, 6.45) is 1.73. The third-order valence-corrected chi connectivity index (χ3v) is 4.70. The zero-order valence-electron chi connectivity index (χ0n) is 10.8. The Morgan fingerprint density at radius 3 is 2.94 bits per heavy atom. The van der Waals surface area contributed by atoms with Crippen molar-refractivity contribution < 1.29 is 0 Å². The Morgan fingerprint density at radius 1 is 1.28 bits per heavy atom. The van der Waals surface area contributed by atoms with Crippen molar-refractivity contribution in [2.24, 2.45) is 0 Å². The van der Waals surface area contributed by atoms with Crippen molar-refractivity contribution in [3.8, 4) is 0 Å². The van der Waals surface area contributed by atoms with Gasteiger partial charge in [0.2, 0.25) is 5.16 Å². The molecule has 0 saturated carbocycles. The van der Waals surface area contributed by atoms with Gasteiger partial charge in [0.05, 0.1) is 6.04 Å². The molecular formula is C13H16N4S. The second kappa shape index (κ2) is 4.31. The minimum atomic E-state index is 0.317. The average molecular weight is 260 g/mol. The molecule has 1 aromatic heterocycles. The Balaban J connectivity index is 1.96. The standard InChI is InChI=1S/C13H16N4S/c1-8-4-5-11(10(3)9(8)2)12-6-18-13-15-14-7-17(13)16-12/h4-5,7,12,16H,6H2,1-3H3. The van der Waals surface area contributed by atoms with Crippen LogP contribution in [0.3, 0.4) is 0 Å². The molecule has 0 spiro atoms. The molecule has 18 heavy (non-hydrogen) atoms. The molecule has 0 amide bonds. The van der Waals surface area contributed by atoms with Gasteiger partial charge in [-0.1, -0.05) is 23.9 Å². The van der Waals surface area contributed by atoms with E-state index in [1.165, 1.54) is 22.3 Å². The highest BCUT2D eigenvalue weighted by Crippen LogP contribution is 2.31. The van der Waals surface area contributed by atoms with Crippen LogP contribution >= 0.6 is 11.8 Å². The van der Waals surface area contributed by atoms with Gasteiger partial charge in [-0.15, -0.1) is 10.2 Å². The van der Waals surface area contributed by atoms with Gasteiger partial charge in [0.1, 0.15) is 6.33 Å². The van der Waals surface area contributed by atoms with Gasteiger partial charge in [-0.3, -0.25) is 0 Å². The Bertz CT molecular complexity index is 591. The van der Waals surface area contributed by atoms with Crippen LogP contribution in [-0.4, -0.2) is 20.6 Å². The zero-order valence-corrected chi connectivity index (χ0v) is 11.6. The Kier molecular flexibility index (Phi) is 2.78. The third kappa shape index (κ3) is 1.79. The molecule has 94 valence electrons. The maximum absolute atomic E-state index is 4.05. The molecule has 0 aliphatic carbocycles. The Morgan fingerprint density at radius 2 is 2.11 bits per heavy atom. The minimum Gasteiger partial charge on any atom is -0.314 e. The molecule has 0 radical (unpaired) electrons. The molecule has 4 nitrogen and oxygen atoms in total. The van der Waals surface area contributed by atoms with Crippen molar-refractivity contribution >= 4 is 11.8 Å². The van der Waals surface area contributed by atoms with Crippen LogP contribution in [0.5, 0.6) is 0 Å². The van der Waals surface area contributed by atoms with Crippen LogP contribution in [0, 0.1) is 20.8 Å². The van der Waals surface area contributed by atoms with Gasteiger partial charge < -0.3 is 5.43 Å². The van der Waals surface area contributed by atoms with Crippen LogP contribution < -0.4 is 5.43 Å². The highest BCUT2D eigenvalue weighted by molar-refractivity contribution is 7.99. The van der Waals surface area contributed by atoms with Gasteiger partial charge in [0, 0.05) is 5.75 Å². The number of aromatic nitrogens is 3. The van der Waals surface area contributed by atoms with E-state index >= 15 is 0 Å². The highest BCUT2D eigenvalue weighted by Gasteiger charge is 2.22. The van der Waals surface area contributed by atoms with Gasteiger partial charge >= 0.3 is 0 Å². The van der Waals surface area contributed by atoms with Crippen molar-refractivity contribution in [3.05, 3.63) is 40.7 Å². The first-order valence-corrected chi connectivity index (χ1v) is 7.01. The second-order valence-electron chi connectivity index (χ2n) is 4.70. The summed E-state index contributed by atoms with van der Waals surface area (Å²) in [7, 11) is 0. The van der Waals surface area contributed by atoms with Crippen molar-refractivity contribution in [2.45, 2.75) is 32.0 Å². The fourth-order valence-electron chi connectivity index (χ4n) is 2.29. The first-order valence-electron chi connectivity index (χ1n) is 6.03. The van der Waals surface area contributed by atoms with E-state index in [0.29, 0.717) is 6.04 Å². The smallest absolute Gasteiger partial charge is 0.209 e. The van der Waals surface area contributed by atoms with E-state index in [0.717, 1.165) is 10.9 Å². The molecule has 5 heteroatoms. The SMILES string of the molecule is Cc1ccc(C2CSc3nncn3N2)c(C)c1C. The largest absolute Gasteiger partial charge is 0.314 e. The average Bonchev–Trinajstić information content (AvgIpc) is 2.83. The zero-order chi connectivity index (χ0) is 12.7. The summed E-state index contributed by atoms with van der Waals surface area (Å²) >= 11 is 1.74. The normalized spacial score (nSPS) is 18.3. The topological polar surface area (TPSA) is 42.7 Å². The van der Waals surface area contributed by atoms with Gasteiger partial charge in [-0.05, 0) is 43.0 Å². The first kappa shape index (κ1) is 11.6.